The van der Waals surface area contributed by atoms with Gasteiger partial charge in [-0.15, -0.1) is 0 Å². The zero-order valence-electron chi connectivity index (χ0n) is 12.3. The molecule has 1 aliphatic heterocycles. The number of carbonyl (C=O) groups excluding carboxylic acids is 2. The zero-order valence-corrected chi connectivity index (χ0v) is 12.3. The Morgan fingerprint density at radius 1 is 1.19 bits per heavy atom. The molecular weight excluding hydrogens is 272 g/mol. The molecule has 1 aromatic rings. The number of aliphatic hydroxyl groups excluding tert-OH is 1. The molecule has 0 spiro atoms. The molecule has 2 amide bonds. The van der Waals surface area contributed by atoms with E-state index in [0.717, 1.165) is 0 Å². The van der Waals surface area contributed by atoms with Crippen molar-refractivity contribution in [3.05, 3.63) is 29.8 Å². The average molecular weight is 292 g/mol. The highest BCUT2D eigenvalue weighted by atomic mass is 16.5. The fourth-order valence-electron chi connectivity index (χ4n) is 2.41. The minimum atomic E-state index is -0.883. The van der Waals surface area contributed by atoms with Gasteiger partial charge in [0.15, 0.2) is 0 Å². The molecule has 114 valence electrons. The largest absolute Gasteiger partial charge is 0.496 e. The average Bonchev–Trinajstić information content (AvgIpc) is 2.50. The van der Waals surface area contributed by atoms with Crippen LogP contribution in [-0.4, -0.2) is 60.0 Å². The van der Waals surface area contributed by atoms with Crippen molar-refractivity contribution in [2.45, 2.75) is 13.0 Å². The second kappa shape index (κ2) is 6.58. The molecule has 0 radical (unpaired) electrons. The van der Waals surface area contributed by atoms with E-state index in [9.17, 15) is 14.7 Å². The second-order valence-electron chi connectivity index (χ2n) is 4.94. The summed E-state index contributed by atoms with van der Waals surface area (Å²) in [5.41, 5.74) is 0.609. The first kappa shape index (κ1) is 15.3. The lowest BCUT2D eigenvalue weighted by molar-refractivity contribution is -0.151. The van der Waals surface area contributed by atoms with Crippen molar-refractivity contribution in [2.75, 3.05) is 33.3 Å². The van der Waals surface area contributed by atoms with Crippen LogP contribution in [0.2, 0.25) is 0 Å². The molecule has 0 bridgehead atoms. The maximum atomic E-state index is 12.0. The Hall–Kier alpha value is -2.08. The van der Waals surface area contributed by atoms with E-state index in [2.05, 4.69) is 0 Å². The zero-order chi connectivity index (χ0) is 15.4. The molecule has 2 rings (SSSR count). The normalized spacial score (nSPS) is 17.1. The van der Waals surface area contributed by atoms with E-state index in [1.54, 1.807) is 18.2 Å². The van der Waals surface area contributed by atoms with Gasteiger partial charge in [0.2, 0.25) is 11.8 Å². The third-order valence-electron chi connectivity index (χ3n) is 3.63. The van der Waals surface area contributed by atoms with Gasteiger partial charge in [-0.05, 0) is 13.0 Å². The summed E-state index contributed by atoms with van der Waals surface area (Å²) in [6.45, 7) is 2.54. The number of aliphatic hydroxyl groups is 1. The van der Waals surface area contributed by atoms with E-state index >= 15 is 0 Å². The Labute approximate surface area is 123 Å². The fourth-order valence-corrected chi connectivity index (χ4v) is 2.41. The molecule has 1 fully saturated rings. The van der Waals surface area contributed by atoms with E-state index < -0.39 is 6.10 Å². The van der Waals surface area contributed by atoms with Gasteiger partial charge in [0.25, 0.3) is 0 Å². The van der Waals surface area contributed by atoms with Gasteiger partial charge in [-0.2, -0.15) is 0 Å². The van der Waals surface area contributed by atoms with Crippen molar-refractivity contribution in [1.82, 2.24) is 9.80 Å². The van der Waals surface area contributed by atoms with Crippen molar-refractivity contribution >= 4 is 11.8 Å². The standard InChI is InChI=1S/C15H20N2O4/c1-3-16-9-15(20)17(10-14(16)19)8-12(18)11-6-4-5-7-13(11)21-2/h4-7,12,18H,3,8-10H2,1-2H3. The van der Waals surface area contributed by atoms with Crippen molar-refractivity contribution < 1.29 is 19.4 Å². The first-order valence-corrected chi connectivity index (χ1v) is 6.93. The third-order valence-corrected chi connectivity index (χ3v) is 3.63. The van der Waals surface area contributed by atoms with Crippen LogP contribution in [-0.2, 0) is 9.59 Å². The van der Waals surface area contributed by atoms with Gasteiger partial charge in [0.05, 0.1) is 26.7 Å². The first-order chi connectivity index (χ1) is 10.1. The van der Waals surface area contributed by atoms with Crippen LogP contribution in [0.15, 0.2) is 24.3 Å². The highest BCUT2D eigenvalue weighted by Gasteiger charge is 2.30. The van der Waals surface area contributed by atoms with Crippen LogP contribution in [0.4, 0.5) is 0 Å². The summed E-state index contributed by atoms with van der Waals surface area (Å²) in [6.07, 6.45) is -0.883. The number of carbonyl (C=O) groups is 2. The van der Waals surface area contributed by atoms with Crippen LogP contribution < -0.4 is 4.74 Å². The highest BCUT2D eigenvalue weighted by molar-refractivity contribution is 5.92. The Morgan fingerprint density at radius 2 is 1.81 bits per heavy atom. The molecule has 1 heterocycles. The summed E-state index contributed by atoms with van der Waals surface area (Å²) in [5, 5.41) is 10.3. The van der Waals surface area contributed by atoms with Crippen LogP contribution in [0, 0.1) is 0 Å². The van der Waals surface area contributed by atoms with Crippen molar-refractivity contribution in [3.8, 4) is 5.75 Å². The number of amides is 2. The number of piperazine rings is 1. The number of hydrogen-bond acceptors (Lipinski definition) is 4. The Morgan fingerprint density at radius 3 is 2.48 bits per heavy atom. The molecule has 0 aliphatic carbocycles. The first-order valence-electron chi connectivity index (χ1n) is 6.93. The van der Waals surface area contributed by atoms with Crippen LogP contribution in [0.1, 0.15) is 18.6 Å². The fraction of sp³-hybridized carbons (Fsp3) is 0.467. The lowest BCUT2D eigenvalue weighted by atomic mass is 10.1. The third kappa shape index (κ3) is 3.33. The van der Waals surface area contributed by atoms with Gasteiger partial charge >= 0.3 is 0 Å². The number of rotatable bonds is 5. The smallest absolute Gasteiger partial charge is 0.242 e. The van der Waals surface area contributed by atoms with Gasteiger partial charge < -0.3 is 19.6 Å². The van der Waals surface area contributed by atoms with Crippen LogP contribution >= 0.6 is 0 Å². The predicted molar refractivity (Wildman–Crippen MR) is 76.8 cm³/mol. The summed E-state index contributed by atoms with van der Waals surface area (Å²) < 4.78 is 5.20. The van der Waals surface area contributed by atoms with Gasteiger partial charge in [-0.3, -0.25) is 9.59 Å². The SMILES string of the molecule is CCN1CC(=O)N(CC(O)c2ccccc2OC)CC1=O. The van der Waals surface area contributed by atoms with Crippen LogP contribution in [0.3, 0.4) is 0 Å². The Bertz CT molecular complexity index is 532. The number of hydrogen-bond donors (Lipinski definition) is 1. The van der Waals surface area contributed by atoms with E-state index in [1.807, 2.05) is 13.0 Å². The molecule has 0 saturated carbocycles. The number of likely N-dealkylation sites (N-methyl/N-ethyl adjacent to an activating group) is 1. The van der Waals surface area contributed by atoms with Crippen LogP contribution in [0.5, 0.6) is 5.75 Å². The molecule has 21 heavy (non-hydrogen) atoms. The molecule has 1 atom stereocenters. The second-order valence-corrected chi connectivity index (χ2v) is 4.94. The Kier molecular flexibility index (Phi) is 4.80. The maximum absolute atomic E-state index is 12.0. The molecule has 1 unspecified atom stereocenters. The molecular formula is C15H20N2O4. The van der Waals surface area contributed by atoms with Gasteiger partial charge in [-0.25, -0.2) is 0 Å². The summed E-state index contributed by atoms with van der Waals surface area (Å²) in [7, 11) is 1.53. The minimum Gasteiger partial charge on any atom is -0.496 e. The van der Waals surface area contributed by atoms with Gasteiger partial charge in [0.1, 0.15) is 11.9 Å². The van der Waals surface area contributed by atoms with Gasteiger partial charge in [0, 0.05) is 12.1 Å². The summed E-state index contributed by atoms with van der Waals surface area (Å²) >= 11 is 0. The number of β-amino-alcohol motifs (C(OH)–C–C–N with tert-alkyl or cyclic N) is 1. The summed E-state index contributed by atoms with van der Waals surface area (Å²) in [4.78, 5) is 26.8. The predicted octanol–water partition coefficient (Wildman–Crippen LogP) is 0.419. The topological polar surface area (TPSA) is 70.1 Å². The number of benzene rings is 1. The molecule has 1 N–H and O–H groups in total. The number of ether oxygens (including phenoxy) is 1. The minimum absolute atomic E-state index is 0.0128. The number of nitrogens with zero attached hydrogens (tertiary/aromatic N) is 2. The molecule has 1 saturated heterocycles. The van der Waals surface area contributed by atoms with Crippen LogP contribution in [0.25, 0.3) is 0 Å². The lowest BCUT2D eigenvalue weighted by Gasteiger charge is -2.34. The van der Waals surface area contributed by atoms with E-state index in [4.69, 9.17) is 4.74 Å². The molecule has 0 aromatic heterocycles. The van der Waals surface area contributed by atoms with Gasteiger partial charge in [-0.1, -0.05) is 18.2 Å². The summed E-state index contributed by atoms with van der Waals surface area (Å²) in [6, 6.07) is 7.10. The molecule has 1 aliphatic rings. The quantitative estimate of drug-likeness (QED) is 0.854. The van der Waals surface area contributed by atoms with Crippen molar-refractivity contribution in [3.63, 3.8) is 0 Å². The molecule has 1 aromatic carbocycles. The highest BCUT2D eigenvalue weighted by Crippen LogP contribution is 2.25. The maximum Gasteiger partial charge on any atom is 0.242 e. The van der Waals surface area contributed by atoms with Crippen molar-refractivity contribution in [1.29, 1.82) is 0 Å². The Balaban J connectivity index is 2.07. The number of methoxy groups -OCH3 is 1. The van der Waals surface area contributed by atoms with E-state index in [0.29, 0.717) is 17.9 Å². The molecule has 6 nitrogen and oxygen atoms in total. The molecule has 6 heteroatoms. The number of para-hydroxylation sites is 1. The monoisotopic (exact) mass is 292 g/mol. The van der Waals surface area contributed by atoms with Crippen molar-refractivity contribution in [2.24, 2.45) is 0 Å². The van der Waals surface area contributed by atoms with E-state index in [-0.39, 0.29) is 31.4 Å². The lowest BCUT2D eigenvalue weighted by Crippen LogP contribution is -2.54. The van der Waals surface area contributed by atoms with E-state index in [1.165, 1.54) is 16.9 Å². The summed E-state index contributed by atoms with van der Waals surface area (Å²) in [5.74, 6) is 0.325.